The predicted octanol–water partition coefficient (Wildman–Crippen LogP) is 7.66. The SMILES string of the molecule is COc1cc(C=Nc2ccc(-c3ccccc3)cc2)ccc1OCc1cc(-c2ccc(C)cc2)on1. The van der Waals surface area contributed by atoms with Crippen molar-refractivity contribution in [1.82, 2.24) is 5.16 Å². The molecule has 5 nitrogen and oxygen atoms in total. The van der Waals surface area contributed by atoms with E-state index in [2.05, 4.69) is 41.3 Å². The zero-order valence-electron chi connectivity index (χ0n) is 20.2. The second-order valence-corrected chi connectivity index (χ2v) is 8.42. The summed E-state index contributed by atoms with van der Waals surface area (Å²) in [4.78, 5) is 4.60. The Balaban J connectivity index is 1.23. The Hall–Kier alpha value is -4.64. The third-order valence-corrected chi connectivity index (χ3v) is 5.80. The van der Waals surface area contributed by atoms with Crippen molar-refractivity contribution in [2.75, 3.05) is 7.11 Å². The first kappa shape index (κ1) is 23.1. The van der Waals surface area contributed by atoms with Crippen molar-refractivity contribution < 1.29 is 14.0 Å². The Morgan fingerprint density at radius 1 is 0.778 bits per heavy atom. The summed E-state index contributed by atoms with van der Waals surface area (Å²) in [7, 11) is 1.62. The zero-order valence-corrected chi connectivity index (χ0v) is 20.2. The van der Waals surface area contributed by atoms with Crippen LogP contribution in [0.25, 0.3) is 22.5 Å². The second-order valence-electron chi connectivity index (χ2n) is 8.42. The molecule has 5 rings (SSSR count). The van der Waals surface area contributed by atoms with Crippen molar-refractivity contribution in [2.24, 2.45) is 4.99 Å². The van der Waals surface area contributed by atoms with E-state index in [1.807, 2.05) is 85.1 Å². The zero-order chi connectivity index (χ0) is 24.7. The van der Waals surface area contributed by atoms with Crippen LogP contribution < -0.4 is 9.47 Å². The van der Waals surface area contributed by atoms with E-state index < -0.39 is 0 Å². The molecule has 1 aromatic heterocycles. The number of benzene rings is 4. The van der Waals surface area contributed by atoms with Crippen LogP contribution in [0.5, 0.6) is 11.5 Å². The summed E-state index contributed by atoms with van der Waals surface area (Å²) < 4.78 is 17.0. The molecule has 5 heteroatoms. The maximum absolute atomic E-state index is 5.96. The average molecular weight is 475 g/mol. The summed E-state index contributed by atoms with van der Waals surface area (Å²) in [5.41, 5.74) is 7.02. The lowest BCUT2D eigenvalue weighted by Gasteiger charge is -2.10. The standard InChI is InChI=1S/C31H26N2O3/c1-22-8-11-26(12-9-22)30-19-28(33-36-30)21-35-29-17-10-23(18-31(29)34-2)20-32-27-15-13-25(14-16-27)24-6-4-3-5-7-24/h3-20H,21H2,1-2H3. The summed E-state index contributed by atoms with van der Waals surface area (Å²) in [6.07, 6.45) is 1.81. The van der Waals surface area contributed by atoms with E-state index in [-0.39, 0.29) is 6.61 Å². The molecular weight excluding hydrogens is 448 g/mol. The number of aromatic nitrogens is 1. The highest BCUT2D eigenvalue weighted by molar-refractivity contribution is 5.83. The molecular formula is C31H26N2O3. The lowest BCUT2D eigenvalue weighted by atomic mass is 10.1. The molecule has 0 aliphatic rings. The van der Waals surface area contributed by atoms with Gasteiger partial charge in [0.25, 0.3) is 0 Å². The van der Waals surface area contributed by atoms with Gasteiger partial charge in [0, 0.05) is 17.8 Å². The molecule has 36 heavy (non-hydrogen) atoms. The fourth-order valence-electron chi connectivity index (χ4n) is 3.79. The Labute approximate surface area is 210 Å². The first-order valence-electron chi connectivity index (χ1n) is 11.7. The summed E-state index contributed by atoms with van der Waals surface area (Å²) in [6, 6.07) is 34.2. The second kappa shape index (κ2) is 10.7. The van der Waals surface area contributed by atoms with Crippen LogP contribution in [-0.2, 0) is 6.61 Å². The molecule has 0 spiro atoms. The van der Waals surface area contributed by atoms with Gasteiger partial charge in [0.1, 0.15) is 12.3 Å². The van der Waals surface area contributed by atoms with E-state index in [0.717, 1.165) is 22.4 Å². The largest absolute Gasteiger partial charge is 0.493 e. The van der Waals surface area contributed by atoms with Gasteiger partial charge in [0.15, 0.2) is 17.3 Å². The van der Waals surface area contributed by atoms with Gasteiger partial charge in [0.2, 0.25) is 0 Å². The quantitative estimate of drug-likeness (QED) is 0.217. The normalized spacial score (nSPS) is 11.1. The van der Waals surface area contributed by atoms with E-state index in [1.54, 1.807) is 7.11 Å². The fourth-order valence-corrected chi connectivity index (χ4v) is 3.79. The van der Waals surface area contributed by atoms with Gasteiger partial charge in [-0.05, 0) is 53.9 Å². The lowest BCUT2D eigenvalue weighted by molar-refractivity contribution is 0.272. The average Bonchev–Trinajstić information content (AvgIpc) is 3.41. The molecule has 0 saturated carbocycles. The first-order valence-corrected chi connectivity index (χ1v) is 11.7. The van der Waals surface area contributed by atoms with E-state index in [4.69, 9.17) is 14.0 Å². The fraction of sp³-hybridized carbons (Fsp3) is 0.0968. The van der Waals surface area contributed by atoms with Crippen molar-refractivity contribution in [3.63, 3.8) is 0 Å². The van der Waals surface area contributed by atoms with Crippen LogP contribution in [-0.4, -0.2) is 18.5 Å². The Morgan fingerprint density at radius 3 is 2.25 bits per heavy atom. The number of aryl methyl sites for hydroxylation is 1. The molecule has 0 aliphatic carbocycles. The molecule has 0 saturated heterocycles. The van der Waals surface area contributed by atoms with Gasteiger partial charge in [-0.1, -0.05) is 77.5 Å². The Bertz CT molecular complexity index is 1450. The number of rotatable bonds is 8. The van der Waals surface area contributed by atoms with Crippen LogP contribution >= 0.6 is 0 Å². The lowest BCUT2D eigenvalue weighted by Crippen LogP contribution is -1.98. The molecule has 0 N–H and O–H groups in total. The molecule has 4 aromatic carbocycles. The minimum absolute atomic E-state index is 0.271. The molecule has 0 atom stereocenters. The van der Waals surface area contributed by atoms with Gasteiger partial charge < -0.3 is 14.0 Å². The molecule has 0 radical (unpaired) electrons. The Morgan fingerprint density at radius 2 is 1.50 bits per heavy atom. The molecule has 0 bridgehead atoms. The maximum Gasteiger partial charge on any atom is 0.167 e. The summed E-state index contributed by atoms with van der Waals surface area (Å²) >= 11 is 0. The molecule has 0 fully saturated rings. The van der Waals surface area contributed by atoms with Gasteiger partial charge in [-0.25, -0.2) is 0 Å². The van der Waals surface area contributed by atoms with Crippen LogP contribution in [0.1, 0.15) is 16.8 Å². The van der Waals surface area contributed by atoms with Gasteiger partial charge in [0.05, 0.1) is 12.8 Å². The van der Waals surface area contributed by atoms with Crippen molar-refractivity contribution in [2.45, 2.75) is 13.5 Å². The van der Waals surface area contributed by atoms with Crippen LogP contribution in [0.15, 0.2) is 113 Å². The molecule has 0 amide bonds. The Kier molecular flexibility index (Phi) is 6.90. The number of aliphatic imine (C=N–C) groups is 1. The minimum atomic E-state index is 0.271. The predicted molar refractivity (Wildman–Crippen MR) is 143 cm³/mol. The highest BCUT2D eigenvalue weighted by Gasteiger charge is 2.10. The molecule has 178 valence electrons. The van der Waals surface area contributed by atoms with Crippen LogP contribution in [0.3, 0.4) is 0 Å². The van der Waals surface area contributed by atoms with Crippen molar-refractivity contribution in [1.29, 1.82) is 0 Å². The highest BCUT2D eigenvalue weighted by atomic mass is 16.5. The van der Waals surface area contributed by atoms with Gasteiger partial charge >= 0.3 is 0 Å². The van der Waals surface area contributed by atoms with E-state index in [0.29, 0.717) is 23.0 Å². The van der Waals surface area contributed by atoms with Gasteiger partial charge in [-0.15, -0.1) is 0 Å². The minimum Gasteiger partial charge on any atom is -0.493 e. The number of nitrogens with zero attached hydrogens (tertiary/aromatic N) is 2. The smallest absolute Gasteiger partial charge is 0.167 e. The van der Waals surface area contributed by atoms with E-state index >= 15 is 0 Å². The first-order chi connectivity index (χ1) is 17.7. The number of ether oxygens (including phenoxy) is 2. The summed E-state index contributed by atoms with van der Waals surface area (Å²) in [6.45, 7) is 2.32. The highest BCUT2D eigenvalue weighted by Crippen LogP contribution is 2.29. The summed E-state index contributed by atoms with van der Waals surface area (Å²) in [5, 5.41) is 4.13. The molecule has 0 aliphatic heterocycles. The van der Waals surface area contributed by atoms with Gasteiger partial charge in [-0.3, -0.25) is 4.99 Å². The third kappa shape index (κ3) is 5.53. The monoisotopic (exact) mass is 474 g/mol. The van der Waals surface area contributed by atoms with E-state index in [1.165, 1.54) is 11.1 Å². The number of hydrogen-bond acceptors (Lipinski definition) is 5. The van der Waals surface area contributed by atoms with Gasteiger partial charge in [-0.2, -0.15) is 0 Å². The van der Waals surface area contributed by atoms with Crippen molar-refractivity contribution in [3.05, 3.63) is 120 Å². The third-order valence-electron chi connectivity index (χ3n) is 5.80. The van der Waals surface area contributed by atoms with Crippen molar-refractivity contribution in [3.8, 4) is 33.9 Å². The van der Waals surface area contributed by atoms with Crippen LogP contribution in [0.4, 0.5) is 5.69 Å². The maximum atomic E-state index is 5.96. The molecule has 1 heterocycles. The summed E-state index contributed by atoms with van der Waals surface area (Å²) in [5.74, 6) is 1.96. The molecule has 0 unspecified atom stereocenters. The van der Waals surface area contributed by atoms with Crippen LogP contribution in [0, 0.1) is 6.92 Å². The van der Waals surface area contributed by atoms with Crippen LogP contribution in [0.2, 0.25) is 0 Å². The van der Waals surface area contributed by atoms with E-state index in [9.17, 15) is 0 Å². The topological polar surface area (TPSA) is 56.9 Å². The number of methoxy groups -OCH3 is 1. The molecule has 5 aromatic rings. The van der Waals surface area contributed by atoms with Crippen molar-refractivity contribution >= 4 is 11.9 Å². The number of hydrogen-bond donors (Lipinski definition) is 0.